The van der Waals surface area contributed by atoms with Gasteiger partial charge in [-0.1, -0.05) is 6.07 Å². The summed E-state index contributed by atoms with van der Waals surface area (Å²) in [6, 6.07) is 7.10. The maximum absolute atomic E-state index is 12.4. The number of likely N-dealkylation sites (tertiary alicyclic amines) is 1. The molecule has 3 amide bonds. The van der Waals surface area contributed by atoms with Gasteiger partial charge in [0.1, 0.15) is 0 Å². The van der Waals surface area contributed by atoms with Crippen molar-refractivity contribution in [1.82, 2.24) is 9.80 Å². The normalized spacial score (nSPS) is 15.0. The lowest BCUT2D eigenvalue weighted by Crippen LogP contribution is -2.44. The fourth-order valence-electron chi connectivity index (χ4n) is 2.72. The van der Waals surface area contributed by atoms with Gasteiger partial charge < -0.3 is 15.1 Å². The van der Waals surface area contributed by atoms with E-state index in [0.29, 0.717) is 37.2 Å². The van der Waals surface area contributed by atoms with Gasteiger partial charge in [-0.15, -0.1) is 0 Å². The molecular formula is C17H22N4O2. The average molecular weight is 314 g/mol. The lowest BCUT2D eigenvalue weighted by Gasteiger charge is -2.32. The Morgan fingerprint density at radius 1 is 1.30 bits per heavy atom. The maximum atomic E-state index is 12.4. The van der Waals surface area contributed by atoms with Crippen molar-refractivity contribution in [2.75, 3.05) is 32.5 Å². The number of anilines is 1. The SMILES string of the molecule is Cc1ccc(C#N)cc1NC(=O)N1CCC(C(=O)N(C)C)CC1. The number of nitriles is 1. The minimum absolute atomic E-state index is 0.00213. The molecule has 0 aromatic heterocycles. The van der Waals surface area contributed by atoms with Crippen LogP contribution in [-0.2, 0) is 4.79 Å². The molecule has 0 radical (unpaired) electrons. The van der Waals surface area contributed by atoms with Gasteiger partial charge in [0.25, 0.3) is 0 Å². The summed E-state index contributed by atoms with van der Waals surface area (Å²) in [6.07, 6.45) is 1.36. The molecule has 122 valence electrons. The lowest BCUT2D eigenvalue weighted by atomic mass is 9.96. The molecule has 1 aromatic rings. The Morgan fingerprint density at radius 2 is 1.96 bits per heavy atom. The van der Waals surface area contributed by atoms with Crippen LogP contribution in [0.3, 0.4) is 0 Å². The first-order chi connectivity index (χ1) is 10.9. The number of nitrogens with one attached hydrogen (secondary N) is 1. The Hall–Kier alpha value is -2.55. The van der Waals surface area contributed by atoms with E-state index < -0.39 is 0 Å². The van der Waals surface area contributed by atoms with Gasteiger partial charge in [0.2, 0.25) is 5.91 Å². The first-order valence-electron chi connectivity index (χ1n) is 7.70. The largest absolute Gasteiger partial charge is 0.349 e. The number of piperidine rings is 1. The molecule has 0 saturated carbocycles. The number of hydrogen-bond donors (Lipinski definition) is 1. The summed E-state index contributed by atoms with van der Waals surface area (Å²) in [5.74, 6) is 0.125. The van der Waals surface area contributed by atoms with Crippen LogP contribution in [0.2, 0.25) is 0 Å². The Balaban J connectivity index is 1.96. The van der Waals surface area contributed by atoms with E-state index in [0.717, 1.165) is 5.56 Å². The molecule has 1 saturated heterocycles. The third-order valence-electron chi connectivity index (χ3n) is 4.18. The summed E-state index contributed by atoms with van der Waals surface area (Å²) in [7, 11) is 3.51. The standard InChI is InChI=1S/C17H22N4O2/c1-12-4-5-13(11-18)10-15(12)19-17(23)21-8-6-14(7-9-21)16(22)20(2)3/h4-5,10,14H,6-9H2,1-3H3,(H,19,23). The van der Waals surface area contributed by atoms with E-state index >= 15 is 0 Å². The number of rotatable bonds is 2. The molecular weight excluding hydrogens is 292 g/mol. The molecule has 0 bridgehead atoms. The zero-order valence-electron chi connectivity index (χ0n) is 13.8. The highest BCUT2D eigenvalue weighted by atomic mass is 16.2. The predicted molar refractivity (Wildman–Crippen MR) is 87.9 cm³/mol. The summed E-state index contributed by atoms with van der Waals surface area (Å²) in [5, 5.41) is 11.8. The monoisotopic (exact) mass is 314 g/mol. The van der Waals surface area contributed by atoms with Crippen molar-refractivity contribution in [1.29, 1.82) is 5.26 Å². The van der Waals surface area contributed by atoms with Gasteiger partial charge in [0, 0.05) is 38.8 Å². The quantitative estimate of drug-likeness (QED) is 0.909. The summed E-state index contributed by atoms with van der Waals surface area (Å²) in [5.41, 5.74) is 2.08. The number of hydrogen-bond acceptors (Lipinski definition) is 3. The molecule has 2 rings (SSSR count). The molecule has 6 heteroatoms. The van der Waals surface area contributed by atoms with Crippen molar-refractivity contribution in [2.24, 2.45) is 5.92 Å². The van der Waals surface area contributed by atoms with Gasteiger partial charge in [-0.2, -0.15) is 5.26 Å². The Labute approximate surface area is 136 Å². The number of benzene rings is 1. The molecule has 0 atom stereocenters. The summed E-state index contributed by atoms with van der Waals surface area (Å²) >= 11 is 0. The smallest absolute Gasteiger partial charge is 0.321 e. The fourth-order valence-corrected chi connectivity index (χ4v) is 2.72. The maximum Gasteiger partial charge on any atom is 0.321 e. The molecule has 1 aliphatic rings. The van der Waals surface area contributed by atoms with Crippen molar-refractivity contribution in [2.45, 2.75) is 19.8 Å². The second-order valence-corrected chi connectivity index (χ2v) is 6.07. The Bertz CT molecular complexity index is 640. The van der Waals surface area contributed by atoms with E-state index in [4.69, 9.17) is 5.26 Å². The van der Waals surface area contributed by atoms with Crippen molar-refractivity contribution in [3.8, 4) is 6.07 Å². The van der Waals surface area contributed by atoms with Crippen molar-refractivity contribution in [3.63, 3.8) is 0 Å². The molecule has 1 heterocycles. The summed E-state index contributed by atoms with van der Waals surface area (Å²) in [4.78, 5) is 27.7. The lowest BCUT2D eigenvalue weighted by molar-refractivity contribution is -0.134. The first-order valence-corrected chi connectivity index (χ1v) is 7.70. The van der Waals surface area contributed by atoms with E-state index in [1.165, 1.54) is 0 Å². The minimum atomic E-state index is -0.182. The molecule has 1 aliphatic heterocycles. The summed E-state index contributed by atoms with van der Waals surface area (Å²) < 4.78 is 0. The highest BCUT2D eigenvalue weighted by Crippen LogP contribution is 2.21. The van der Waals surface area contributed by atoms with Crippen LogP contribution in [0.1, 0.15) is 24.0 Å². The molecule has 0 unspecified atom stereocenters. The molecule has 0 spiro atoms. The third kappa shape index (κ3) is 4.01. The number of nitrogens with zero attached hydrogens (tertiary/aromatic N) is 3. The van der Waals surface area contributed by atoms with Gasteiger partial charge in [-0.3, -0.25) is 4.79 Å². The van der Waals surface area contributed by atoms with Crippen LogP contribution in [0.15, 0.2) is 18.2 Å². The molecule has 1 aromatic carbocycles. The Kier molecular flexibility index (Phi) is 5.22. The van der Waals surface area contributed by atoms with E-state index in [1.807, 2.05) is 13.0 Å². The van der Waals surface area contributed by atoms with E-state index in [-0.39, 0.29) is 17.9 Å². The van der Waals surface area contributed by atoms with Gasteiger partial charge >= 0.3 is 6.03 Å². The van der Waals surface area contributed by atoms with E-state index in [9.17, 15) is 9.59 Å². The molecule has 1 fully saturated rings. The second kappa shape index (κ2) is 7.14. The fraction of sp³-hybridized carbons (Fsp3) is 0.471. The molecule has 1 N–H and O–H groups in total. The van der Waals surface area contributed by atoms with E-state index in [2.05, 4.69) is 11.4 Å². The van der Waals surface area contributed by atoms with Crippen molar-refractivity contribution >= 4 is 17.6 Å². The number of amides is 3. The molecule has 0 aliphatic carbocycles. The van der Waals surface area contributed by atoms with Gasteiger partial charge in [-0.25, -0.2) is 4.79 Å². The zero-order chi connectivity index (χ0) is 17.0. The number of carbonyl (C=O) groups is 2. The van der Waals surface area contributed by atoms with Gasteiger partial charge in [0.15, 0.2) is 0 Å². The van der Waals surface area contributed by atoms with Crippen LogP contribution >= 0.6 is 0 Å². The molecule has 23 heavy (non-hydrogen) atoms. The van der Waals surface area contributed by atoms with E-state index in [1.54, 1.807) is 36.0 Å². The second-order valence-electron chi connectivity index (χ2n) is 6.07. The van der Waals surface area contributed by atoms with Crippen LogP contribution in [0, 0.1) is 24.2 Å². The summed E-state index contributed by atoms with van der Waals surface area (Å²) in [6.45, 7) is 3.01. The predicted octanol–water partition coefficient (Wildman–Crippen LogP) is 2.20. The number of urea groups is 1. The highest BCUT2D eigenvalue weighted by molar-refractivity contribution is 5.90. The third-order valence-corrected chi connectivity index (χ3v) is 4.18. The van der Waals surface area contributed by atoms with Crippen LogP contribution in [0.4, 0.5) is 10.5 Å². The molecule has 6 nitrogen and oxygen atoms in total. The van der Waals surface area contributed by atoms with Gasteiger partial charge in [-0.05, 0) is 37.5 Å². The van der Waals surface area contributed by atoms with Gasteiger partial charge in [0.05, 0.1) is 11.6 Å². The van der Waals surface area contributed by atoms with Crippen molar-refractivity contribution in [3.05, 3.63) is 29.3 Å². The first kappa shape index (κ1) is 16.8. The van der Waals surface area contributed by atoms with Crippen LogP contribution in [-0.4, -0.2) is 48.9 Å². The minimum Gasteiger partial charge on any atom is -0.349 e. The van der Waals surface area contributed by atoms with Crippen LogP contribution in [0.5, 0.6) is 0 Å². The average Bonchev–Trinajstić information content (AvgIpc) is 2.56. The Morgan fingerprint density at radius 3 is 2.52 bits per heavy atom. The van der Waals surface area contributed by atoms with Crippen molar-refractivity contribution < 1.29 is 9.59 Å². The van der Waals surface area contributed by atoms with Crippen LogP contribution in [0.25, 0.3) is 0 Å². The number of carbonyl (C=O) groups excluding carboxylic acids is 2. The van der Waals surface area contributed by atoms with Crippen LogP contribution < -0.4 is 5.32 Å². The highest BCUT2D eigenvalue weighted by Gasteiger charge is 2.28. The topological polar surface area (TPSA) is 76.4 Å². The number of aryl methyl sites for hydroxylation is 1. The zero-order valence-corrected chi connectivity index (χ0v) is 13.8.